The molecule has 0 spiro atoms. The van der Waals surface area contributed by atoms with Gasteiger partial charge in [0.25, 0.3) is 0 Å². The molecule has 3 aromatic carbocycles. The summed E-state index contributed by atoms with van der Waals surface area (Å²) < 4.78 is 51.0. The van der Waals surface area contributed by atoms with Crippen molar-refractivity contribution in [3.8, 4) is 22.6 Å². The van der Waals surface area contributed by atoms with Gasteiger partial charge in [-0.1, -0.05) is 44.0 Å². The number of rotatable bonds is 8. The molecule has 0 aromatic heterocycles. The molecule has 5 heteroatoms. The number of halogens is 3. The highest BCUT2D eigenvalue weighted by molar-refractivity contribution is 5.92. The van der Waals surface area contributed by atoms with Crippen molar-refractivity contribution in [1.29, 1.82) is 0 Å². The van der Waals surface area contributed by atoms with Gasteiger partial charge in [0.2, 0.25) is 0 Å². The normalized spacial score (nSPS) is 11.2. The van der Waals surface area contributed by atoms with E-state index in [1.807, 2.05) is 12.1 Å². The molecular weight excluding hydrogens is 365 g/mol. The number of benzene rings is 3. The van der Waals surface area contributed by atoms with E-state index in [4.69, 9.17) is 4.74 Å². The molecule has 0 N–H and O–H groups in total. The summed E-state index contributed by atoms with van der Waals surface area (Å²) >= 11 is 0. The zero-order chi connectivity index (χ0) is 20.1. The summed E-state index contributed by atoms with van der Waals surface area (Å²) in [6.07, 6.45) is 4.31. The van der Waals surface area contributed by atoms with Crippen molar-refractivity contribution in [2.45, 2.75) is 39.2 Å². The van der Waals surface area contributed by atoms with Gasteiger partial charge >= 0.3 is 6.61 Å². The second-order valence-corrected chi connectivity index (χ2v) is 6.68. The molecule has 2 nitrogen and oxygen atoms in total. The van der Waals surface area contributed by atoms with Crippen LogP contribution in [0.3, 0.4) is 0 Å². The maximum Gasteiger partial charge on any atom is 0.387 e. The molecule has 0 fully saturated rings. The summed E-state index contributed by atoms with van der Waals surface area (Å²) in [6.45, 7) is -0.902. The average molecular weight is 388 g/mol. The first-order valence-electron chi connectivity index (χ1n) is 9.38. The van der Waals surface area contributed by atoms with E-state index in [1.165, 1.54) is 13.2 Å². The lowest BCUT2D eigenvalue weighted by Gasteiger charge is -2.15. The molecule has 3 rings (SSSR count). The van der Waals surface area contributed by atoms with Crippen LogP contribution in [-0.4, -0.2) is 13.7 Å². The SMILES string of the molecule is CCCCCc1ccc(-c2c(OC(F)F)cc3cc(OC)ccc3c2F)cc1. The minimum atomic E-state index is -3.05. The monoisotopic (exact) mass is 388 g/mol. The van der Waals surface area contributed by atoms with Crippen molar-refractivity contribution in [2.24, 2.45) is 0 Å². The number of ether oxygens (including phenoxy) is 2. The predicted molar refractivity (Wildman–Crippen MR) is 106 cm³/mol. The fourth-order valence-corrected chi connectivity index (χ4v) is 3.32. The summed E-state index contributed by atoms with van der Waals surface area (Å²) in [4.78, 5) is 0. The molecule has 0 atom stereocenters. The average Bonchev–Trinajstić information content (AvgIpc) is 2.68. The molecule has 0 aliphatic rings. The maximum atomic E-state index is 15.3. The Bertz CT molecular complexity index is 937. The summed E-state index contributed by atoms with van der Waals surface area (Å²) in [5.41, 5.74) is 1.68. The van der Waals surface area contributed by atoms with E-state index < -0.39 is 12.4 Å². The zero-order valence-corrected chi connectivity index (χ0v) is 16.0. The van der Waals surface area contributed by atoms with Crippen LogP contribution in [0.15, 0.2) is 48.5 Å². The molecule has 148 valence electrons. The van der Waals surface area contributed by atoms with Crippen LogP contribution in [0.5, 0.6) is 11.5 Å². The van der Waals surface area contributed by atoms with Crippen LogP contribution in [-0.2, 0) is 6.42 Å². The number of aryl methyl sites for hydroxylation is 1. The summed E-state index contributed by atoms with van der Waals surface area (Å²) in [5.74, 6) is -0.263. The number of fused-ring (bicyclic) bond motifs is 1. The third-order valence-corrected chi connectivity index (χ3v) is 4.78. The lowest BCUT2D eigenvalue weighted by Crippen LogP contribution is -2.05. The van der Waals surface area contributed by atoms with E-state index >= 15 is 4.39 Å². The quantitative estimate of drug-likeness (QED) is 0.387. The van der Waals surface area contributed by atoms with E-state index in [0.717, 1.165) is 31.2 Å². The van der Waals surface area contributed by atoms with Gasteiger partial charge in [0.1, 0.15) is 17.3 Å². The van der Waals surface area contributed by atoms with Crippen molar-refractivity contribution in [3.63, 3.8) is 0 Å². The number of hydrogen-bond donors (Lipinski definition) is 0. The molecule has 0 aliphatic heterocycles. The van der Waals surface area contributed by atoms with Crippen molar-refractivity contribution < 1.29 is 22.6 Å². The van der Waals surface area contributed by atoms with Crippen LogP contribution in [0, 0.1) is 5.82 Å². The van der Waals surface area contributed by atoms with Gasteiger partial charge in [0, 0.05) is 5.39 Å². The molecule has 0 saturated carbocycles. The Hall–Kier alpha value is -2.69. The summed E-state index contributed by atoms with van der Waals surface area (Å²) in [7, 11) is 1.49. The molecule has 0 saturated heterocycles. The molecule has 0 heterocycles. The first-order valence-corrected chi connectivity index (χ1v) is 9.38. The van der Waals surface area contributed by atoms with Gasteiger partial charge in [-0.15, -0.1) is 0 Å². The summed E-state index contributed by atoms with van der Waals surface area (Å²) in [6, 6.07) is 13.6. The maximum absolute atomic E-state index is 15.3. The molecule has 28 heavy (non-hydrogen) atoms. The number of methoxy groups -OCH3 is 1. The van der Waals surface area contributed by atoms with Crippen molar-refractivity contribution in [2.75, 3.05) is 7.11 Å². The Balaban J connectivity index is 2.06. The Morgan fingerprint density at radius 3 is 2.36 bits per heavy atom. The first-order chi connectivity index (χ1) is 13.5. The molecule has 0 radical (unpaired) electrons. The Morgan fingerprint density at radius 2 is 1.71 bits per heavy atom. The van der Waals surface area contributed by atoms with E-state index in [0.29, 0.717) is 22.1 Å². The largest absolute Gasteiger partial charge is 0.497 e. The predicted octanol–water partition coefficient (Wildman–Crippen LogP) is 6.99. The van der Waals surface area contributed by atoms with E-state index in [9.17, 15) is 8.78 Å². The fraction of sp³-hybridized carbons (Fsp3) is 0.304. The molecule has 0 amide bonds. The van der Waals surface area contributed by atoms with Crippen LogP contribution >= 0.6 is 0 Å². The third kappa shape index (κ3) is 4.41. The van der Waals surface area contributed by atoms with Gasteiger partial charge < -0.3 is 9.47 Å². The van der Waals surface area contributed by atoms with Crippen LogP contribution in [0.25, 0.3) is 21.9 Å². The van der Waals surface area contributed by atoms with Crippen LogP contribution in [0.1, 0.15) is 31.7 Å². The second-order valence-electron chi connectivity index (χ2n) is 6.68. The Kier molecular flexibility index (Phi) is 6.45. The second kappa shape index (κ2) is 9.00. The number of unbranched alkanes of at least 4 members (excludes halogenated alkanes) is 2. The minimum Gasteiger partial charge on any atom is -0.497 e. The standard InChI is InChI=1S/C23H23F3O2/c1-3-4-5-6-15-7-9-16(10-8-15)21-20(28-23(25)26)14-17-13-18(27-2)11-12-19(17)22(21)24/h7-14,23H,3-6H2,1-2H3. The van der Waals surface area contributed by atoms with Gasteiger partial charge in [-0.2, -0.15) is 8.78 Å². The molecule has 0 aliphatic carbocycles. The molecular formula is C23H23F3O2. The van der Waals surface area contributed by atoms with E-state index in [-0.39, 0.29) is 11.3 Å². The van der Waals surface area contributed by atoms with Gasteiger partial charge in [-0.05, 0) is 53.6 Å². The topological polar surface area (TPSA) is 18.5 Å². The lowest BCUT2D eigenvalue weighted by atomic mass is 9.97. The molecule has 0 bridgehead atoms. The van der Waals surface area contributed by atoms with Crippen molar-refractivity contribution in [3.05, 3.63) is 59.9 Å². The lowest BCUT2D eigenvalue weighted by molar-refractivity contribution is -0.0494. The van der Waals surface area contributed by atoms with Gasteiger partial charge in [-0.25, -0.2) is 4.39 Å². The van der Waals surface area contributed by atoms with Crippen molar-refractivity contribution >= 4 is 10.8 Å². The van der Waals surface area contributed by atoms with Crippen LogP contribution in [0.2, 0.25) is 0 Å². The third-order valence-electron chi connectivity index (χ3n) is 4.78. The van der Waals surface area contributed by atoms with Gasteiger partial charge in [0.05, 0.1) is 12.7 Å². The first kappa shape index (κ1) is 20.1. The van der Waals surface area contributed by atoms with Gasteiger partial charge in [0.15, 0.2) is 0 Å². The molecule has 0 unspecified atom stereocenters. The van der Waals surface area contributed by atoms with E-state index in [1.54, 1.807) is 30.3 Å². The smallest absolute Gasteiger partial charge is 0.387 e. The number of hydrogen-bond acceptors (Lipinski definition) is 2. The zero-order valence-electron chi connectivity index (χ0n) is 16.0. The van der Waals surface area contributed by atoms with Crippen molar-refractivity contribution in [1.82, 2.24) is 0 Å². The molecule has 3 aromatic rings. The summed E-state index contributed by atoms with van der Waals surface area (Å²) in [5, 5.41) is 0.761. The van der Waals surface area contributed by atoms with E-state index in [2.05, 4.69) is 11.7 Å². The van der Waals surface area contributed by atoms with Gasteiger partial charge in [-0.3, -0.25) is 0 Å². The number of alkyl halides is 2. The fourth-order valence-electron chi connectivity index (χ4n) is 3.32. The van der Waals surface area contributed by atoms with Crippen LogP contribution < -0.4 is 9.47 Å². The van der Waals surface area contributed by atoms with Crippen LogP contribution in [0.4, 0.5) is 13.2 Å². The highest BCUT2D eigenvalue weighted by atomic mass is 19.3. The Labute approximate surface area is 162 Å². The Morgan fingerprint density at radius 1 is 0.964 bits per heavy atom. The highest BCUT2D eigenvalue weighted by Crippen LogP contribution is 2.39. The highest BCUT2D eigenvalue weighted by Gasteiger charge is 2.19. The minimum absolute atomic E-state index is 0.0399.